The molecule has 4 heteroatoms. The first-order valence-electron chi connectivity index (χ1n) is 7.01. The van der Waals surface area contributed by atoms with Crippen LogP contribution in [0.4, 0.5) is 0 Å². The van der Waals surface area contributed by atoms with Gasteiger partial charge < -0.3 is 15.5 Å². The monoisotopic (exact) mass is 261 g/mol. The van der Waals surface area contributed by atoms with Gasteiger partial charge in [-0.3, -0.25) is 4.79 Å². The zero-order valence-electron chi connectivity index (χ0n) is 11.6. The van der Waals surface area contributed by atoms with Crippen LogP contribution in [0, 0.1) is 0 Å². The Morgan fingerprint density at radius 3 is 2.37 bits per heavy atom. The van der Waals surface area contributed by atoms with Crippen LogP contribution in [0.15, 0.2) is 24.3 Å². The summed E-state index contributed by atoms with van der Waals surface area (Å²) >= 11 is 0. The normalized spacial score (nSPS) is 16.6. The Bertz CT molecular complexity index is 425. The molecule has 4 nitrogen and oxygen atoms in total. The van der Waals surface area contributed by atoms with Gasteiger partial charge in [-0.25, -0.2) is 0 Å². The molecule has 104 valence electrons. The maximum absolute atomic E-state index is 12.3. The smallest absolute Gasteiger partial charge is 0.227 e. The van der Waals surface area contributed by atoms with Crippen LogP contribution < -0.4 is 5.73 Å². The van der Waals surface area contributed by atoms with Crippen LogP contribution in [-0.2, 0) is 17.8 Å². The first-order valence-corrected chi connectivity index (χ1v) is 7.01. The lowest BCUT2D eigenvalue weighted by Gasteiger charge is -2.34. The quantitative estimate of drug-likeness (QED) is 0.874. The molecule has 0 unspecified atom stereocenters. The van der Waals surface area contributed by atoms with Crippen molar-refractivity contribution in [3.8, 4) is 0 Å². The Labute approximate surface area is 115 Å². The summed E-state index contributed by atoms with van der Waals surface area (Å²) in [5.41, 5.74) is 7.84. The second-order valence-corrected chi connectivity index (χ2v) is 4.96. The molecule has 0 radical (unpaired) electrons. The summed E-state index contributed by atoms with van der Waals surface area (Å²) in [7, 11) is 0. The minimum absolute atomic E-state index is 0.219. The van der Waals surface area contributed by atoms with Crippen molar-refractivity contribution in [2.45, 2.75) is 19.9 Å². The molecule has 0 saturated carbocycles. The van der Waals surface area contributed by atoms with Gasteiger partial charge in [-0.05, 0) is 17.7 Å². The van der Waals surface area contributed by atoms with Crippen molar-refractivity contribution in [2.24, 2.45) is 5.73 Å². The SMILES string of the molecule is CCN1CCN(C(=O)Cc2ccccc2CN)CC1. The maximum Gasteiger partial charge on any atom is 0.227 e. The van der Waals surface area contributed by atoms with E-state index >= 15 is 0 Å². The Balaban J connectivity index is 1.94. The van der Waals surface area contributed by atoms with Gasteiger partial charge in [-0.15, -0.1) is 0 Å². The highest BCUT2D eigenvalue weighted by Crippen LogP contribution is 2.11. The van der Waals surface area contributed by atoms with Gasteiger partial charge >= 0.3 is 0 Å². The first kappa shape index (κ1) is 14.0. The van der Waals surface area contributed by atoms with Gasteiger partial charge in [0, 0.05) is 32.7 Å². The summed E-state index contributed by atoms with van der Waals surface area (Å²) in [5.74, 6) is 0.219. The van der Waals surface area contributed by atoms with E-state index in [1.807, 2.05) is 29.2 Å². The van der Waals surface area contributed by atoms with E-state index in [9.17, 15) is 4.79 Å². The molecule has 19 heavy (non-hydrogen) atoms. The van der Waals surface area contributed by atoms with Crippen LogP contribution in [0.2, 0.25) is 0 Å². The molecule has 1 aromatic rings. The number of rotatable bonds is 4. The second-order valence-electron chi connectivity index (χ2n) is 4.96. The summed E-state index contributed by atoms with van der Waals surface area (Å²) < 4.78 is 0. The zero-order chi connectivity index (χ0) is 13.7. The van der Waals surface area contributed by atoms with Gasteiger partial charge in [-0.1, -0.05) is 31.2 Å². The average molecular weight is 261 g/mol. The van der Waals surface area contributed by atoms with Crippen molar-refractivity contribution in [3.05, 3.63) is 35.4 Å². The number of piperazine rings is 1. The molecule has 1 amide bonds. The molecule has 1 heterocycles. The topological polar surface area (TPSA) is 49.6 Å². The Hall–Kier alpha value is -1.39. The molecule has 1 fully saturated rings. The summed E-state index contributed by atoms with van der Waals surface area (Å²) in [6.07, 6.45) is 0.472. The lowest BCUT2D eigenvalue weighted by molar-refractivity contribution is -0.132. The molecule has 1 aliphatic rings. The first-order chi connectivity index (χ1) is 9.24. The van der Waals surface area contributed by atoms with Gasteiger partial charge in [0.2, 0.25) is 5.91 Å². The third kappa shape index (κ3) is 3.55. The number of hydrogen-bond acceptors (Lipinski definition) is 3. The van der Waals surface area contributed by atoms with E-state index in [1.165, 1.54) is 0 Å². The lowest BCUT2D eigenvalue weighted by Crippen LogP contribution is -2.48. The lowest BCUT2D eigenvalue weighted by atomic mass is 10.0. The van der Waals surface area contributed by atoms with Gasteiger partial charge in [-0.2, -0.15) is 0 Å². The van der Waals surface area contributed by atoms with E-state index in [0.717, 1.165) is 43.9 Å². The van der Waals surface area contributed by atoms with Crippen LogP contribution in [-0.4, -0.2) is 48.4 Å². The molecule has 2 rings (SSSR count). The number of nitrogens with two attached hydrogens (primary N) is 1. The molecule has 1 aliphatic heterocycles. The number of nitrogens with zero attached hydrogens (tertiary/aromatic N) is 2. The number of likely N-dealkylation sites (N-methyl/N-ethyl adjacent to an activating group) is 1. The molecule has 0 bridgehead atoms. The van der Waals surface area contributed by atoms with E-state index in [2.05, 4.69) is 11.8 Å². The largest absolute Gasteiger partial charge is 0.340 e. The van der Waals surface area contributed by atoms with Crippen molar-refractivity contribution in [2.75, 3.05) is 32.7 Å². The third-order valence-electron chi connectivity index (χ3n) is 3.85. The Morgan fingerprint density at radius 1 is 1.16 bits per heavy atom. The number of amides is 1. The van der Waals surface area contributed by atoms with Crippen LogP contribution in [0.3, 0.4) is 0 Å². The highest BCUT2D eigenvalue weighted by atomic mass is 16.2. The van der Waals surface area contributed by atoms with E-state index in [4.69, 9.17) is 5.73 Å². The van der Waals surface area contributed by atoms with Gasteiger partial charge in [0.05, 0.1) is 6.42 Å². The van der Waals surface area contributed by atoms with Gasteiger partial charge in [0.15, 0.2) is 0 Å². The fraction of sp³-hybridized carbons (Fsp3) is 0.533. The van der Waals surface area contributed by atoms with E-state index < -0.39 is 0 Å². The summed E-state index contributed by atoms with van der Waals surface area (Å²) in [6, 6.07) is 7.94. The van der Waals surface area contributed by atoms with E-state index in [-0.39, 0.29) is 5.91 Å². The summed E-state index contributed by atoms with van der Waals surface area (Å²) in [5, 5.41) is 0. The highest BCUT2D eigenvalue weighted by molar-refractivity contribution is 5.79. The summed E-state index contributed by atoms with van der Waals surface area (Å²) in [4.78, 5) is 16.6. The molecular weight excluding hydrogens is 238 g/mol. The van der Waals surface area contributed by atoms with Crippen LogP contribution in [0.25, 0.3) is 0 Å². The zero-order valence-corrected chi connectivity index (χ0v) is 11.6. The molecule has 0 aliphatic carbocycles. The molecule has 0 spiro atoms. The highest BCUT2D eigenvalue weighted by Gasteiger charge is 2.20. The average Bonchev–Trinajstić information content (AvgIpc) is 2.48. The van der Waals surface area contributed by atoms with E-state index in [0.29, 0.717) is 13.0 Å². The molecule has 2 N–H and O–H groups in total. The van der Waals surface area contributed by atoms with Crippen LogP contribution >= 0.6 is 0 Å². The van der Waals surface area contributed by atoms with Crippen molar-refractivity contribution < 1.29 is 4.79 Å². The molecule has 0 atom stereocenters. The maximum atomic E-state index is 12.3. The van der Waals surface area contributed by atoms with Crippen molar-refractivity contribution in [1.29, 1.82) is 0 Å². The second kappa shape index (κ2) is 6.68. The van der Waals surface area contributed by atoms with Crippen molar-refractivity contribution in [3.63, 3.8) is 0 Å². The third-order valence-corrected chi connectivity index (χ3v) is 3.85. The van der Waals surface area contributed by atoms with Gasteiger partial charge in [0.25, 0.3) is 0 Å². The molecular formula is C15H23N3O. The van der Waals surface area contributed by atoms with Crippen LogP contribution in [0.1, 0.15) is 18.1 Å². The van der Waals surface area contributed by atoms with Crippen LogP contribution in [0.5, 0.6) is 0 Å². The molecule has 1 saturated heterocycles. The number of hydrogen-bond donors (Lipinski definition) is 1. The Morgan fingerprint density at radius 2 is 1.79 bits per heavy atom. The van der Waals surface area contributed by atoms with Gasteiger partial charge in [0.1, 0.15) is 0 Å². The van der Waals surface area contributed by atoms with Crippen molar-refractivity contribution >= 4 is 5.91 Å². The number of carbonyl (C=O) groups excluding carboxylic acids is 1. The molecule has 0 aromatic heterocycles. The Kier molecular flexibility index (Phi) is 4.93. The number of carbonyl (C=O) groups is 1. The number of benzene rings is 1. The van der Waals surface area contributed by atoms with E-state index in [1.54, 1.807) is 0 Å². The van der Waals surface area contributed by atoms with Crippen molar-refractivity contribution in [1.82, 2.24) is 9.80 Å². The summed E-state index contributed by atoms with van der Waals surface area (Å²) in [6.45, 7) is 7.39. The molecule has 1 aromatic carbocycles. The minimum atomic E-state index is 0.219. The predicted molar refractivity (Wildman–Crippen MR) is 76.7 cm³/mol. The minimum Gasteiger partial charge on any atom is -0.340 e. The fourth-order valence-electron chi connectivity index (χ4n) is 2.52. The fourth-order valence-corrected chi connectivity index (χ4v) is 2.52. The standard InChI is InChI=1S/C15H23N3O/c1-2-17-7-9-18(10-8-17)15(19)11-13-5-3-4-6-14(13)12-16/h3-6H,2,7-12,16H2,1H3. The predicted octanol–water partition coefficient (Wildman–Crippen LogP) is 0.852.